The molecule has 2 N–H and O–H groups in total. The van der Waals surface area contributed by atoms with E-state index in [0.29, 0.717) is 11.3 Å². The standard InChI is InChI=1S/C23H26N4O4/c1-15-7-8-16(22(29)31-2)13-19(15)24-21(28)14-26-11-9-17(10-12-26)27-20-6-4-3-5-18(20)25-23(27)30/h3-8,13,17H,9-12,14H2,1-2H3,(H,24,28)(H,25,30). The topological polar surface area (TPSA) is 96.4 Å². The van der Waals surface area contributed by atoms with Gasteiger partial charge in [-0.15, -0.1) is 0 Å². The van der Waals surface area contributed by atoms with Crippen LogP contribution < -0.4 is 11.0 Å². The number of methoxy groups -OCH3 is 1. The quantitative estimate of drug-likeness (QED) is 0.617. The van der Waals surface area contributed by atoms with Crippen LogP contribution in [0.4, 0.5) is 5.69 Å². The number of esters is 1. The molecule has 1 aromatic heterocycles. The van der Waals surface area contributed by atoms with Crippen molar-refractivity contribution in [2.24, 2.45) is 0 Å². The number of carbonyl (C=O) groups is 2. The Hall–Kier alpha value is -3.39. The number of fused-ring (bicyclic) bond motifs is 1. The Morgan fingerprint density at radius 2 is 1.90 bits per heavy atom. The van der Waals surface area contributed by atoms with Gasteiger partial charge in [-0.3, -0.25) is 14.3 Å². The number of aryl methyl sites for hydroxylation is 1. The molecule has 1 fully saturated rings. The number of H-pyrrole nitrogens is 1. The van der Waals surface area contributed by atoms with Gasteiger partial charge in [-0.05, 0) is 49.6 Å². The lowest BCUT2D eigenvalue weighted by molar-refractivity contribution is -0.117. The molecule has 4 rings (SSSR count). The molecule has 1 amide bonds. The number of piperidine rings is 1. The zero-order chi connectivity index (χ0) is 22.0. The lowest BCUT2D eigenvalue weighted by Crippen LogP contribution is -2.41. The van der Waals surface area contributed by atoms with Crippen LogP contribution in [0.3, 0.4) is 0 Å². The Kier molecular flexibility index (Phi) is 5.90. The number of para-hydroxylation sites is 2. The maximum atomic E-state index is 12.6. The third kappa shape index (κ3) is 4.39. The SMILES string of the molecule is COC(=O)c1ccc(C)c(NC(=O)CN2CCC(n3c(=O)[nH]c4ccccc43)CC2)c1. The molecule has 1 aliphatic rings. The van der Waals surface area contributed by atoms with Gasteiger partial charge in [0.1, 0.15) is 0 Å². The largest absolute Gasteiger partial charge is 0.465 e. The van der Waals surface area contributed by atoms with Gasteiger partial charge in [-0.2, -0.15) is 0 Å². The first-order valence-corrected chi connectivity index (χ1v) is 10.4. The Morgan fingerprint density at radius 1 is 1.16 bits per heavy atom. The number of carbonyl (C=O) groups excluding carboxylic acids is 2. The third-order valence-corrected chi connectivity index (χ3v) is 5.85. The minimum Gasteiger partial charge on any atom is -0.465 e. The number of rotatable bonds is 5. The maximum Gasteiger partial charge on any atom is 0.337 e. The molecule has 0 spiro atoms. The Bertz CT molecular complexity index is 1170. The minimum absolute atomic E-state index is 0.0849. The number of anilines is 1. The molecule has 1 saturated heterocycles. The number of likely N-dealkylation sites (tertiary alicyclic amines) is 1. The Morgan fingerprint density at radius 3 is 2.65 bits per heavy atom. The van der Waals surface area contributed by atoms with Gasteiger partial charge in [0.25, 0.3) is 0 Å². The fourth-order valence-electron chi connectivity index (χ4n) is 4.17. The van der Waals surface area contributed by atoms with E-state index in [1.54, 1.807) is 18.2 Å². The van der Waals surface area contributed by atoms with E-state index in [9.17, 15) is 14.4 Å². The summed E-state index contributed by atoms with van der Waals surface area (Å²) in [5.41, 5.74) is 3.56. The van der Waals surface area contributed by atoms with Gasteiger partial charge < -0.3 is 15.0 Å². The van der Waals surface area contributed by atoms with Crippen LogP contribution in [0.15, 0.2) is 47.3 Å². The molecule has 0 aliphatic carbocycles. The van der Waals surface area contributed by atoms with Crippen LogP contribution in [-0.4, -0.2) is 53.1 Å². The molecular weight excluding hydrogens is 396 g/mol. The predicted molar refractivity (Wildman–Crippen MR) is 118 cm³/mol. The lowest BCUT2D eigenvalue weighted by atomic mass is 10.0. The van der Waals surface area contributed by atoms with Gasteiger partial charge in [0.2, 0.25) is 5.91 Å². The number of benzene rings is 2. The Balaban J connectivity index is 1.37. The number of hydrogen-bond donors (Lipinski definition) is 2. The number of nitrogens with one attached hydrogen (secondary N) is 2. The van der Waals surface area contributed by atoms with E-state index in [1.807, 2.05) is 35.8 Å². The van der Waals surface area contributed by atoms with Crippen molar-refractivity contribution in [2.75, 3.05) is 32.1 Å². The number of amides is 1. The number of imidazole rings is 1. The van der Waals surface area contributed by atoms with Gasteiger partial charge in [0.05, 0.1) is 30.3 Å². The summed E-state index contributed by atoms with van der Waals surface area (Å²) in [6.07, 6.45) is 1.60. The second-order valence-electron chi connectivity index (χ2n) is 7.89. The summed E-state index contributed by atoms with van der Waals surface area (Å²) in [5, 5.41) is 2.90. The summed E-state index contributed by atoms with van der Waals surface area (Å²) < 4.78 is 6.59. The molecule has 2 aromatic carbocycles. The Labute approximate surface area is 179 Å². The van der Waals surface area contributed by atoms with Gasteiger partial charge in [-0.1, -0.05) is 18.2 Å². The first kappa shape index (κ1) is 20.9. The fraction of sp³-hybridized carbons (Fsp3) is 0.348. The maximum absolute atomic E-state index is 12.6. The first-order valence-electron chi connectivity index (χ1n) is 10.4. The van der Waals surface area contributed by atoms with Crippen molar-refractivity contribution >= 4 is 28.6 Å². The van der Waals surface area contributed by atoms with E-state index >= 15 is 0 Å². The van der Waals surface area contributed by atoms with Crippen LogP contribution in [0, 0.1) is 6.92 Å². The van der Waals surface area contributed by atoms with E-state index in [-0.39, 0.29) is 24.2 Å². The molecule has 3 aromatic rings. The number of aromatic nitrogens is 2. The van der Waals surface area contributed by atoms with Crippen LogP contribution in [0.2, 0.25) is 0 Å². The second-order valence-corrected chi connectivity index (χ2v) is 7.89. The van der Waals surface area contributed by atoms with Crippen LogP contribution >= 0.6 is 0 Å². The molecule has 0 bridgehead atoms. The molecule has 0 unspecified atom stereocenters. The highest BCUT2D eigenvalue weighted by Gasteiger charge is 2.24. The number of hydrogen-bond acceptors (Lipinski definition) is 5. The summed E-state index contributed by atoms with van der Waals surface area (Å²) in [7, 11) is 1.33. The summed E-state index contributed by atoms with van der Waals surface area (Å²) in [5.74, 6) is -0.571. The average molecular weight is 422 g/mol. The van der Waals surface area contributed by atoms with Crippen LogP contribution in [0.1, 0.15) is 34.8 Å². The summed E-state index contributed by atoms with van der Waals surface area (Å²) in [4.78, 5) is 41.8. The van der Waals surface area contributed by atoms with Crippen molar-refractivity contribution in [2.45, 2.75) is 25.8 Å². The molecule has 162 valence electrons. The highest BCUT2D eigenvalue weighted by atomic mass is 16.5. The highest BCUT2D eigenvalue weighted by molar-refractivity contribution is 5.96. The van der Waals surface area contributed by atoms with Crippen molar-refractivity contribution < 1.29 is 14.3 Å². The van der Waals surface area contributed by atoms with Crippen molar-refractivity contribution in [1.82, 2.24) is 14.5 Å². The van der Waals surface area contributed by atoms with Crippen LogP contribution in [-0.2, 0) is 9.53 Å². The highest BCUT2D eigenvalue weighted by Crippen LogP contribution is 2.25. The molecular formula is C23H26N4O4. The van der Waals surface area contributed by atoms with E-state index in [1.165, 1.54) is 7.11 Å². The van der Waals surface area contributed by atoms with Gasteiger partial charge >= 0.3 is 11.7 Å². The van der Waals surface area contributed by atoms with E-state index in [4.69, 9.17) is 4.74 Å². The zero-order valence-corrected chi connectivity index (χ0v) is 17.7. The summed E-state index contributed by atoms with van der Waals surface area (Å²) in [6, 6.07) is 12.9. The average Bonchev–Trinajstić information content (AvgIpc) is 3.11. The normalized spacial score (nSPS) is 15.2. The van der Waals surface area contributed by atoms with Gasteiger partial charge in [-0.25, -0.2) is 9.59 Å². The number of nitrogens with zero attached hydrogens (tertiary/aromatic N) is 2. The van der Waals surface area contributed by atoms with Crippen molar-refractivity contribution in [3.05, 3.63) is 64.1 Å². The smallest absolute Gasteiger partial charge is 0.337 e. The zero-order valence-electron chi connectivity index (χ0n) is 17.7. The van der Waals surface area contributed by atoms with E-state index < -0.39 is 5.97 Å². The molecule has 8 heteroatoms. The van der Waals surface area contributed by atoms with Gasteiger partial charge in [0, 0.05) is 24.8 Å². The summed E-state index contributed by atoms with van der Waals surface area (Å²) >= 11 is 0. The molecule has 1 aliphatic heterocycles. The predicted octanol–water partition coefficient (Wildman–Crippen LogP) is 2.70. The van der Waals surface area contributed by atoms with Gasteiger partial charge in [0.15, 0.2) is 0 Å². The third-order valence-electron chi connectivity index (χ3n) is 5.85. The monoisotopic (exact) mass is 422 g/mol. The first-order chi connectivity index (χ1) is 15.0. The van der Waals surface area contributed by atoms with E-state index in [2.05, 4.69) is 15.2 Å². The molecule has 0 atom stereocenters. The number of ether oxygens (including phenoxy) is 1. The molecule has 0 saturated carbocycles. The minimum atomic E-state index is -0.440. The molecule has 2 heterocycles. The van der Waals surface area contributed by atoms with Crippen molar-refractivity contribution in [3.8, 4) is 0 Å². The molecule has 8 nitrogen and oxygen atoms in total. The van der Waals surface area contributed by atoms with Crippen molar-refractivity contribution in [1.29, 1.82) is 0 Å². The molecule has 0 radical (unpaired) electrons. The van der Waals surface area contributed by atoms with Crippen LogP contribution in [0.25, 0.3) is 11.0 Å². The summed E-state index contributed by atoms with van der Waals surface area (Å²) in [6.45, 7) is 3.59. The second kappa shape index (κ2) is 8.77. The van der Waals surface area contributed by atoms with Crippen molar-refractivity contribution in [3.63, 3.8) is 0 Å². The fourth-order valence-corrected chi connectivity index (χ4v) is 4.17. The van der Waals surface area contributed by atoms with Crippen LogP contribution in [0.5, 0.6) is 0 Å². The lowest BCUT2D eigenvalue weighted by Gasteiger charge is -2.32. The molecule has 31 heavy (non-hydrogen) atoms. The van der Waals surface area contributed by atoms with E-state index in [0.717, 1.165) is 42.5 Å². The number of aromatic amines is 1.